The van der Waals surface area contributed by atoms with Crippen LogP contribution in [0, 0.1) is 5.92 Å². The van der Waals surface area contributed by atoms with Gasteiger partial charge in [0.25, 0.3) is 0 Å². The highest BCUT2D eigenvalue weighted by atomic mass is 33.1. The van der Waals surface area contributed by atoms with Crippen molar-refractivity contribution in [1.82, 2.24) is 42.1 Å². The number of carbonyl (C=O) groups is 10. The Bertz CT molecular complexity index is 2510. The normalized spacial score (nSPS) is 23.1. The van der Waals surface area contributed by atoms with Crippen LogP contribution >= 0.6 is 21.6 Å². The van der Waals surface area contributed by atoms with Crippen molar-refractivity contribution < 1.29 is 52.7 Å². The summed E-state index contributed by atoms with van der Waals surface area (Å²) in [6.45, 7) is 5.48. The molecular weight excluding hydrogens is 1070 g/mol. The molecule has 15 N–H and O–H groups in total. The van der Waals surface area contributed by atoms with Crippen LogP contribution in [0.5, 0.6) is 5.75 Å². The van der Waals surface area contributed by atoms with E-state index in [4.69, 9.17) is 27.7 Å². The van der Waals surface area contributed by atoms with Gasteiger partial charge >= 0.3 is 0 Å². The van der Waals surface area contributed by atoms with E-state index in [0.717, 1.165) is 19.3 Å². The molecule has 0 radical (unpaired) electrons. The molecule has 2 aromatic rings. The summed E-state index contributed by atoms with van der Waals surface area (Å²) in [6.07, 6.45) is 4.11. The highest BCUT2D eigenvalue weighted by Crippen LogP contribution is 2.48. The number of nitrogens with two attached hydrogens (primary N) is 4. The van der Waals surface area contributed by atoms with Crippen LogP contribution in [0.3, 0.4) is 0 Å². The quantitative estimate of drug-likeness (QED) is 0.0355. The third-order valence-corrected chi connectivity index (χ3v) is 17.6. The first-order chi connectivity index (χ1) is 38.2. The van der Waals surface area contributed by atoms with Crippen molar-refractivity contribution in [1.29, 1.82) is 0 Å². The Labute approximate surface area is 474 Å². The molecule has 8 atom stereocenters. The van der Waals surface area contributed by atoms with Gasteiger partial charge in [0.15, 0.2) is 5.96 Å². The number of nitrogens with zero attached hydrogens (tertiary/aromatic N) is 2. The minimum Gasteiger partial charge on any atom is -0.494 e. The molecule has 1 spiro atoms. The largest absolute Gasteiger partial charge is 0.494 e. The van der Waals surface area contributed by atoms with Gasteiger partial charge in [-0.15, -0.1) is 0 Å². The van der Waals surface area contributed by atoms with Crippen LogP contribution in [0.25, 0.3) is 0 Å². The zero-order valence-electron chi connectivity index (χ0n) is 45.8. The number of carbonyl (C=O) groups excluding carboxylic acids is 10. The van der Waals surface area contributed by atoms with Crippen molar-refractivity contribution in [2.75, 3.05) is 32.0 Å². The van der Waals surface area contributed by atoms with Gasteiger partial charge in [0, 0.05) is 42.9 Å². The molecule has 0 aromatic heterocycles. The molecule has 0 unspecified atom stereocenters. The Morgan fingerprint density at radius 3 is 2.05 bits per heavy atom. The van der Waals surface area contributed by atoms with Gasteiger partial charge in [0.05, 0.1) is 19.6 Å². The SMILES string of the molecule is CCOc1ccc(C[C@H]2NC(=O)CC3(CCCCC3)SSC[C@@H](C(=O)N3CCC[C@H]3C(=O)N[C@@H](CCCN=C(N)N)C(=O)NCC(N)=O)NC(=O)[C@H](CC(N)=O)NC(=O)[C@H]([C@@H](C)CC)NC(=O)[C@H](Cc3ccccc3)NC2=O)cc1. The van der Waals surface area contributed by atoms with Crippen LogP contribution in [0.2, 0.25) is 0 Å². The standard InChI is InChI=1S/C54H79N13O11S2/c1-4-32(3)45-51(76)64-39(28-42(55)68)48(73)65-40(52(77)67-25-13-17-41(67)50(75)62-36(16-12-24-59-53(57)58)46(71)60-30-43(56)69)31-79-80-54(22-10-7-11-23-54)29-44(70)61-37(27-34-18-20-35(21-19-34)78-5-2)47(72)63-38(49(74)66-45)26-33-14-8-6-9-15-33/h6,8-9,14-15,18-21,32,36-41,45H,4-5,7,10-13,16-17,22-31H2,1-3H3,(H2,55,68)(H2,56,69)(H,60,71)(H,61,70)(H,62,75)(H,63,72)(H,64,76)(H,65,73)(H,66,74)(H4,57,58,59)/t32-,36-,37+,38-,39-,40-,41-,45-/m0/s1. The number of rotatable bonds is 20. The number of hydrogen-bond acceptors (Lipinski definition) is 14. The lowest BCUT2D eigenvalue weighted by Crippen LogP contribution is -2.62. The number of ether oxygens (including phenoxy) is 1. The molecule has 3 fully saturated rings. The van der Waals surface area contributed by atoms with Gasteiger partial charge in [-0.3, -0.25) is 52.9 Å². The van der Waals surface area contributed by atoms with Gasteiger partial charge in [-0.25, -0.2) is 0 Å². The van der Waals surface area contributed by atoms with Crippen molar-refractivity contribution in [2.45, 2.75) is 158 Å². The second kappa shape index (κ2) is 31.6. The van der Waals surface area contributed by atoms with Gasteiger partial charge in [-0.2, -0.15) is 0 Å². The minimum absolute atomic E-state index is 0.0107. The Hall–Kier alpha value is -7.09. The topological polar surface area (TPSA) is 384 Å². The van der Waals surface area contributed by atoms with Gasteiger partial charge in [-0.05, 0) is 74.6 Å². The molecule has 24 nitrogen and oxygen atoms in total. The summed E-state index contributed by atoms with van der Waals surface area (Å²) < 4.78 is 4.93. The average molecular weight is 1150 g/mol. The van der Waals surface area contributed by atoms with Crippen molar-refractivity contribution in [3.05, 3.63) is 65.7 Å². The number of amides is 10. The van der Waals surface area contributed by atoms with Crippen LogP contribution in [0.15, 0.2) is 59.6 Å². The molecular formula is C54H79N13O11S2. The number of likely N-dealkylation sites (tertiary alicyclic amines) is 1. The molecule has 26 heteroatoms. The maximum atomic E-state index is 15.0. The number of aliphatic imine (C=N–C) groups is 1. The van der Waals surface area contributed by atoms with Crippen molar-refractivity contribution in [3.63, 3.8) is 0 Å². The van der Waals surface area contributed by atoms with E-state index < -0.39 is 125 Å². The number of hydrogen-bond donors (Lipinski definition) is 11. The van der Waals surface area contributed by atoms with Crippen LogP contribution in [0.1, 0.15) is 109 Å². The van der Waals surface area contributed by atoms with E-state index in [1.54, 1.807) is 68.4 Å². The van der Waals surface area contributed by atoms with E-state index in [1.807, 2.05) is 6.92 Å². The molecule has 438 valence electrons. The van der Waals surface area contributed by atoms with E-state index >= 15 is 0 Å². The fourth-order valence-corrected chi connectivity index (χ4v) is 13.2. The molecule has 80 heavy (non-hydrogen) atoms. The zero-order valence-corrected chi connectivity index (χ0v) is 47.4. The van der Waals surface area contributed by atoms with E-state index in [0.29, 0.717) is 49.2 Å². The first-order valence-corrected chi connectivity index (χ1v) is 29.6. The minimum atomic E-state index is -1.66. The molecule has 1 aliphatic carbocycles. The predicted octanol–water partition coefficient (Wildman–Crippen LogP) is -0.165. The van der Waals surface area contributed by atoms with E-state index in [9.17, 15) is 47.9 Å². The van der Waals surface area contributed by atoms with Crippen molar-refractivity contribution in [2.24, 2.45) is 33.8 Å². The molecule has 0 bridgehead atoms. The van der Waals surface area contributed by atoms with Crippen LogP contribution in [-0.4, -0.2) is 149 Å². The average Bonchev–Trinajstić information content (AvgIpc) is 3.92. The number of guanidine groups is 1. The van der Waals surface area contributed by atoms with Crippen molar-refractivity contribution in [3.8, 4) is 5.75 Å². The highest BCUT2D eigenvalue weighted by Gasteiger charge is 2.42. The smallest absolute Gasteiger partial charge is 0.246 e. The van der Waals surface area contributed by atoms with E-state index in [2.05, 4.69) is 42.2 Å². The first kappa shape index (κ1) is 63.7. The second-order valence-electron chi connectivity index (χ2n) is 20.5. The molecule has 10 amide bonds. The second-order valence-corrected chi connectivity index (χ2v) is 23.3. The summed E-state index contributed by atoms with van der Waals surface area (Å²) in [6, 6.07) is 6.88. The lowest BCUT2D eigenvalue weighted by molar-refractivity contribution is -0.142. The fourth-order valence-electron chi connectivity index (χ4n) is 9.83. The predicted molar refractivity (Wildman–Crippen MR) is 304 cm³/mol. The maximum absolute atomic E-state index is 15.0. The molecule has 2 aliphatic heterocycles. The number of primary amides is 2. The summed E-state index contributed by atoms with van der Waals surface area (Å²) in [5.41, 5.74) is 23.3. The van der Waals surface area contributed by atoms with E-state index in [1.165, 1.54) is 26.5 Å². The molecule has 1 saturated carbocycles. The molecule has 2 saturated heterocycles. The van der Waals surface area contributed by atoms with Gasteiger partial charge < -0.3 is 69.8 Å². The summed E-state index contributed by atoms with van der Waals surface area (Å²) in [7, 11) is 2.60. The summed E-state index contributed by atoms with van der Waals surface area (Å²) in [5, 5.41) is 19.1. The number of benzene rings is 2. The van der Waals surface area contributed by atoms with Gasteiger partial charge in [0.2, 0.25) is 59.1 Å². The Kier molecular flexibility index (Phi) is 25.2. The lowest BCUT2D eigenvalue weighted by atomic mass is 9.85. The summed E-state index contributed by atoms with van der Waals surface area (Å²) >= 11 is 0. The summed E-state index contributed by atoms with van der Waals surface area (Å²) in [4.78, 5) is 145. The molecule has 3 aliphatic rings. The third kappa shape index (κ3) is 19.9. The van der Waals surface area contributed by atoms with Crippen molar-refractivity contribution >= 4 is 86.6 Å². The Morgan fingerprint density at radius 1 is 0.775 bits per heavy atom. The monoisotopic (exact) mass is 1150 g/mol. The highest BCUT2D eigenvalue weighted by molar-refractivity contribution is 8.77. The van der Waals surface area contributed by atoms with Crippen LogP contribution in [-0.2, 0) is 60.8 Å². The van der Waals surface area contributed by atoms with Gasteiger partial charge in [-0.1, -0.05) is 104 Å². The number of nitrogens with one attached hydrogen (secondary N) is 7. The first-order valence-electron chi connectivity index (χ1n) is 27.3. The lowest BCUT2D eigenvalue weighted by Gasteiger charge is -2.37. The fraction of sp³-hybridized carbons (Fsp3) is 0.574. The van der Waals surface area contributed by atoms with Crippen LogP contribution < -0.4 is 64.9 Å². The maximum Gasteiger partial charge on any atom is 0.246 e. The Balaban J connectivity index is 1.53. The third-order valence-electron chi connectivity index (χ3n) is 14.3. The molecule has 5 rings (SSSR count). The van der Waals surface area contributed by atoms with Crippen LogP contribution in [0.4, 0.5) is 0 Å². The Morgan fingerprint density at radius 2 is 1.41 bits per heavy atom. The van der Waals surface area contributed by atoms with E-state index in [-0.39, 0.29) is 63.3 Å². The van der Waals surface area contributed by atoms with Gasteiger partial charge in [0.1, 0.15) is 48.0 Å². The zero-order chi connectivity index (χ0) is 58.4. The summed E-state index contributed by atoms with van der Waals surface area (Å²) in [5.74, 6) is -7.78. The molecule has 2 heterocycles. The molecule has 2 aromatic carbocycles.